The molecule has 0 amide bonds. The van der Waals surface area contributed by atoms with Crippen molar-refractivity contribution in [3.8, 4) is 0 Å². The van der Waals surface area contributed by atoms with Gasteiger partial charge in [-0.25, -0.2) is 0 Å². The minimum Gasteiger partial charge on any atom is -0.328 e. The summed E-state index contributed by atoms with van der Waals surface area (Å²) in [6.07, 6.45) is 3.05. The lowest BCUT2D eigenvalue weighted by atomic mass is 9.58. The van der Waals surface area contributed by atoms with Gasteiger partial charge in [-0.1, -0.05) is 161 Å². The van der Waals surface area contributed by atoms with Crippen LogP contribution in [0.15, 0.2) is 48.5 Å². The molecular formula is C50H73O3P. The molecule has 54 heavy (non-hydrogen) atoms. The third kappa shape index (κ3) is 8.51. The highest BCUT2D eigenvalue weighted by Gasteiger charge is 2.45. The molecule has 4 aromatic rings. The van der Waals surface area contributed by atoms with Gasteiger partial charge in [0.1, 0.15) is 0 Å². The van der Waals surface area contributed by atoms with Gasteiger partial charge in [0, 0.05) is 5.41 Å². The topological polar surface area (TPSA) is 49.7 Å². The largest absolute Gasteiger partial charge is 0.328 e. The van der Waals surface area contributed by atoms with Crippen molar-refractivity contribution in [1.29, 1.82) is 0 Å². The number of rotatable bonds is 4. The summed E-state index contributed by atoms with van der Waals surface area (Å²) in [5.41, 5.74) is 10.5. The van der Waals surface area contributed by atoms with E-state index >= 15 is 0 Å². The van der Waals surface area contributed by atoms with Crippen LogP contribution in [0.3, 0.4) is 0 Å². The van der Waals surface area contributed by atoms with Crippen molar-refractivity contribution in [2.75, 3.05) is 0 Å². The highest BCUT2D eigenvalue weighted by Crippen LogP contribution is 2.54. The molecule has 0 atom stereocenters. The molecule has 1 fully saturated rings. The van der Waals surface area contributed by atoms with Gasteiger partial charge >= 0.3 is 8.60 Å². The molecule has 0 spiro atoms. The smallest absolute Gasteiger partial charge is 0.327 e. The maximum absolute atomic E-state index is 9.98. The van der Waals surface area contributed by atoms with Crippen LogP contribution in [0.5, 0.6) is 0 Å². The molecule has 4 aromatic carbocycles. The van der Waals surface area contributed by atoms with E-state index in [2.05, 4.69) is 173 Å². The average Bonchev–Trinajstić information content (AvgIpc) is 3.00. The van der Waals surface area contributed by atoms with E-state index in [1.165, 1.54) is 66.1 Å². The molecular weight excluding hydrogens is 680 g/mol. The normalized spacial score (nSPS) is 16.9. The summed E-state index contributed by atoms with van der Waals surface area (Å²) in [5.74, 6) is 0. The number of fused-ring (bicyclic) bond motifs is 2. The summed E-state index contributed by atoms with van der Waals surface area (Å²) in [5, 5.41) is 5.32. The fourth-order valence-electron chi connectivity index (χ4n) is 8.97. The molecule has 2 N–H and O–H groups in total. The van der Waals surface area contributed by atoms with E-state index in [-0.39, 0.29) is 44.0 Å². The quantitative estimate of drug-likeness (QED) is 0.204. The lowest BCUT2D eigenvalue weighted by molar-refractivity contribution is 0.111. The Hall–Kier alpha value is -2.29. The summed E-state index contributed by atoms with van der Waals surface area (Å²) in [6, 6.07) is 20.1. The van der Waals surface area contributed by atoms with Gasteiger partial charge < -0.3 is 14.3 Å². The predicted molar refractivity (Wildman–Crippen MR) is 236 cm³/mol. The van der Waals surface area contributed by atoms with Gasteiger partial charge in [-0.15, -0.1) is 0 Å². The SMILES string of the molecule is CC(C)(C)c1cc(C(C)(C)C)c2cc(C3(c4cc5c(C(C)(C)C)cc(C(C)(C)C)cc5cc4C(C)(C)C)CCC(OP(O)O)CC3)c(C(C)(C)C)cc2c1. The molecule has 5 rings (SSSR count). The van der Waals surface area contributed by atoms with Crippen LogP contribution in [0.25, 0.3) is 21.5 Å². The second kappa shape index (κ2) is 14.0. The van der Waals surface area contributed by atoms with E-state index in [1.54, 1.807) is 0 Å². The molecule has 296 valence electrons. The van der Waals surface area contributed by atoms with Crippen LogP contribution in [0.2, 0.25) is 0 Å². The maximum atomic E-state index is 9.98. The first-order chi connectivity index (χ1) is 24.3. The lowest BCUT2D eigenvalue weighted by Crippen LogP contribution is -2.39. The third-order valence-electron chi connectivity index (χ3n) is 12.2. The molecule has 3 nitrogen and oxygen atoms in total. The van der Waals surface area contributed by atoms with Gasteiger partial charge in [0.25, 0.3) is 0 Å². The van der Waals surface area contributed by atoms with E-state index in [9.17, 15) is 9.79 Å². The van der Waals surface area contributed by atoms with Gasteiger partial charge in [0.2, 0.25) is 0 Å². The molecule has 0 saturated heterocycles. The zero-order valence-electron chi connectivity index (χ0n) is 37.3. The van der Waals surface area contributed by atoms with Crippen LogP contribution in [0, 0.1) is 0 Å². The molecule has 0 unspecified atom stereocenters. The summed E-state index contributed by atoms with van der Waals surface area (Å²) in [6.45, 7) is 42.3. The Morgan fingerprint density at radius 2 is 0.796 bits per heavy atom. The van der Waals surface area contributed by atoms with Crippen LogP contribution in [0.4, 0.5) is 0 Å². The minimum absolute atomic E-state index is 0.0253. The van der Waals surface area contributed by atoms with Crippen LogP contribution >= 0.6 is 8.60 Å². The summed E-state index contributed by atoms with van der Waals surface area (Å²) < 4.78 is 5.79. The predicted octanol–water partition coefficient (Wildman–Crippen LogP) is 14.2. The molecule has 4 heteroatoms. The fraction of sp³-hybridized carbons (Fsp3) is 0.600. The van der Waals surface area contributed by atoms with Crippen LogP contribution in [0.1, 0.15) is 195 Å². The molecule has 1 aliphatic rings. The van der Waals surface area contributed by atoms with Crippen molar-refractivity contribution in [3.63, 3.8) is 0 Å². The van der Waals surface area contributed by atoms with E-state index < -0.39 is 8.60 Å². The molecule has 1 saturated carbocycles. The summed E-state index contributed by atoms with van der Waals surface area (Å²) >= 11 is 0. The van der Waals surface area contributed by atoms with E-state index in [1.807, 2.05) is 0 Å². The average molecular weight is 753 g/mol. The van der Waals surface area contributed by atoms with Crippen LogP contribution in [-0.4, -0.2) is 15.9 Å². The van der Waals surface area contributed by atoms with Gasteiger partial charge in [0.15, 0.2) is 0 Å². The second-order valence-corrected chi connectivity index (χ2v) is 23.6. The first kappa shape index (κ1) is 42.8. The zero-order valence-corrected chi connectivity index (χ0v) is 38.2. The molecule has 0 heterocycles. The van der Waals surface area contributed by atoms with Crippen LogP contribution < -0.4 is 0 Å². The maximum Gasteiger partial charge on any atom is 0.327 e. The van der Waals surface area contributed by atoms with E-state index in [0.29, 0.717) is 0 Å². The Bertz CT molecular complexity index is 1880. The van der Waals surface area contributed by atoms with E-state index in [0.717, 1.165) is 25.7 Å². The summed E-state index contributed by atoms with van der Waals surface area (Å²) in [4.78, 5) is 20.0. The minimum atomic E-state index is -2.42. The van der Waals surface area contributed by atoms with Crippen molar-refractivity contribution >= 4 is 30.1 Å². The third-order valence-corrected chi connectivity index (χ3v) is 12.7. The first-order valence-electron chi connectivity index (χ1n) is 20.5. The Labute approximate surface area is 330 Å². The lowest BCUT2D eigenvalue weighted by Gasteiger charge is -2.46. The standard InChI is InChI=1S/C50H73O3P/c1-44(2,3)33-23-31-25-40(48(13,14)15)42(29-36(31)38(27-33)46(7,8)9)50(21-19-35(20-22-50)53-54(51)52)43-30-37-32(26-41(43)49(16,17)18)24-34(45(4,5)6)28-39(37)47(10,11)12/h23-30,35,51-52H,19-22H2,1-18H3. The Morgan fingerprint density at radius 3 is 1.07 bits per heavy atom. The molecule has 0 aliphatic heterocycles. The van der Waals surface area contributed by atoms with E-state index in [4.69, 9.17) is 4.52 Å². The summed E-state index contributed by atoms with van der Waals surface area (Å²) in [7, 11) is -2.42. The molecule has 0 aromatic heterocycles. The van der Waals surface area contributed by atoms with Crippen LogP contribution in [-0.2, 0) is 42.4 Å². The van der Waals surface area contributed by atoms with Crippen molar-refractivity contribution in [1.82, 2.24) is 0 Å². The molecule has 0 radical (unpaired) electrons. The Kier molecular flexibility index (Phi) is 11.1. The highest BCUT2D eigenvalue weighted by molar-refractivity contribution is 7.39. The van der Waals surface area contributed by atoms with Gasteiger partial charge in [0.05, 0.1) is 6.10 Å². The number of benzene rings is 4. The highest BCUT2D eigenvalue weighted by atomic mass is 31.2. The number of hydrogen-bond donors (Lipinski definition) is 2. The first-order valence-corrected chi connectivity index (χ1v) is 21.6. The van der Waals surface area contributed by atoms with Crippen molar-refractivity contribution in [2.24, 2.45) is 0 Å². The zero-order chi connectivity index (χ0) is 40.8. The van der Waals surface area contributed by atoms with Gasteiger partial charge in [-0.3, -0.25) is 0 Å². The fourth-order valence-corrected chi connectivity index (χ4v) is 9.45. The van der Waals surface area contributed by atoms with Gasteiger partial charge in [-0.05, 0) is 136 Å². The number of hydrogen-bond acceptors (Lipinski definition) is 3. The second-order valence-electron chi connectivity index (χ2n) is 22.9. The molecule has 0 bridgehead atoms. The van der Waals surface area contributed by atoms with Gasteiger partial charge in [-0.2, -0.15) is 0 Å². The Balaban J connectivity index is 2.00. The van der Waals surface area contributed by atoms with Crippen molar-refractivity contribution in [2.45, 2.75) is 194 Å². The monoisotopic (exact) mass is 753 g/mol. The Morgan fingerprint density at radius 1 is 0.463 bits per heavy atom. The van der Waals surface area contributed by atoms with Crippen molar-refractivity contribution in [3.05, 3.63) is 93.0 Å². The molecule has 1 aliphatic carbocycles. The van der Waals surface area contributed by atoms with Crippen molar-refractivity contribution < 1.29 is 14.3 Å².